The van der Waals surface area contributed by atoms with Gasteiger partial charge in [0, 0.05) is 0 Å². The molecule has 86 valence electrons. The molecule has 0 spiro atoms. The van der Waals surface area contributed by atoms with Gasteiger partial charge in [0.05, 0.1) is 0 Å². The fraction of sp³-hybridized carbons (Fsp3) is 0.750. The summed E-state index contributed by atoms with van der Waals surface area (Å²) in [6.07, 6.45) is 7.06. The van der Waals surface area contributed by atoms with E-state index in [2.05, 4.69) is 20.8 Å². The van der Waals surface area contributed by atoms with E-state index >= 15 is 0 Å². The third-order valence-electron chi connectivity index (χ3n) is 2.96. The van der Waals surface area contributed by atoms with Crippen molar-refractivity contribution in [2.75, 3.05) is 0 Å². The molecule has 1 heterocycles. The van der Waals surface area contributed by atoms with E-state index in [9.17, 15) is 5.11 Å². The maximum absolute atomic E-state index is 9.43. The van der Waals surface area contributed by atoms with E-state index in [4.69, 9.17) is 0 Å². The number of hydrogen-bond donors (Lipinski definition) is 1. The summed E-state index contributed by atoms with van der Waals surface area (Å²) in [6.45, 7) is 6.79. The summed E-state index contributed by atoms with van der Waals surface area (Å²) in [5, 5.41) is 11.1. The molecule has 0 fully saturated rings. The Morgan fingerprint density at radius 3 is 2.53 bits per heavy atom. The van der Waals surface area contributed by atoms with E-state index in [1.807, 2.05) is 0 Å². The van der Waals surface area contributed by atoms with E-state index in [0.717, 1.165) is 0 Å². The molecule has 0 amide bonds. The van der Waals surface area contributed by atoms with Crippen LogP contribution in [0.1, 0.15) is 46.3 Å². The van der Waals surface area contributed by atoms with Gasteiger partial charge in [0.2, 0.25) is 0 Å². The predicted molar refractivity (Wildman–Crippen MR) is 68.9 cm³/mol. The molecular weight excluding hydrogens is 267 g/mol. The Balaban J connectivity index is 2.59. The molecule has 15 heavy (non-hydrogen) atoms. The van der Waals surface area contributed by atoms with E-state index in [1.165, 1.54) is 32.1 Å². The Morgan fingerprint density at radius 2 is 1.93 bits per heavy atom. The quantitative estimate of drug-likeness (QED) is 0.630. The molecule has 3 heteroatoms. The molecule has 1 aromatic heterocycles. The van der Waals surface area contributed by atoms with Gasteiger partial charge < -0.3 is 0 Å². The minimum absolute atomic E-state index is 0.429. The van der Waals surface area contributed by atoms with Crippen molar-refractivity contribution < 1.29 is 5.11 Å². The van der Waals surface area contributed by atoms with Crippen LogP contribution in [0.5, 0.6) is 0 Å². The number of rotatable bonds is 6. The van der Waals surface area contributed by atoms with Gasteiger partial charge in [-0.15, -0.1) is 0 Å². The topological polar surface area (TPSA) is 20.2 Å². The summed E-state index contributed by atoms with van der Waals surface area (Å²) in [5.41, 5.74) is 0. The molecule has 0 bridgehead atoms. The standard InChI is InChI=1S/C12H22OSeSi/c1-4-5-6-7-8-12-10(2)14-11(3)15(12)9-13/h13H,4-9H2,1-3H3. The first-order chi connectivity index (χ1) is 7.20. The van der Waals surface area contributed by atoms with Crippen LogP contribution in [0.15, 0.2) is 0 Å². The predicted octanol–water partition coefficient (Wildman–Crippen LogP) is 2.46. The van der Waals surface area contributed by atoms with Crippen LogP contribution in [0, 0.1) is 13.8 Å². The summed E-state index contributed by atoms with van der Waals surface area (Å²) in [7, 11) is -0.624. The number of unbranched alkanes of at least 4 members (excludes halogenated alkanes) is 3. The monoisotopic (exact) mass is 290 g/mol. The average molecular weight is 289 g/mol. The molecule has 1 aromatic rings. The summed E-state index contributed by atoms with van der Waals surface area (Å²) in [6, 6.07) is 0. The zero-order valence-corrected chi connectivity index (χ0v) is 12.8. The van der Waals surface area contributed by atoms with Crippen molar-refractivity contribution in [3.8, 4) is 0 Å². The van der Waals surface area contributed by atoms with Crippen molar-refractivity contribution in [2.24, 2.45) is 0 Å². The molecule has 0 saturated carbocycles. The number of aliphatic hydroxyl groups is 1. The molecular formula is C12H22OSeSi. The van der Waals surface area contributed by atoms with E-state index in [0.29, 0.717) is 20.7 Å². The Morgan fingerprint density at radius 1 is 1.20 bits per heavy atom. The normalized spacial score (nSPS) is 10.9. The van der Waals surface area contributed by atoms with Crippen LogP contribution in [0.3, 0.4) is 0 Å². The van der Waals surface area contributed by atoms with E-state index in [1.54, 1.807) is 13.7 Å². The Kier molecular flexibility index (Phi) is 6.06. The fourth-order valence-corrected chi connectivity index (χ4v) is 9.13. The van der Waals surface area contributed by atoms with Crippen molar-refractivity contribution in [1.82, 2.24) is 0 Å². The Hall–Kier alpha value is 0.306. The third-order valence-corrected chi connectivity index (χ3v) is 9.77. The molecule has 0 atom stereocenters. The first-order valence-corrected chi connectivity index (χ1v) is 9.31. The second-order valence-electron chi connectivity index (χ2n) is 4.14. The van der Waals surface area contributed by atoms with Crippen molar-refractivity contribution >= 4 is 22.9 Å². The summed E-state index contributed by atoms with van der Waals surface area (Å²) in [4.78, 5) is 0. The average Bonchev–Trinajstić information content (AvgIpc) is 2.48. The van der Waals surface area contributed by atoms with Crippen LogP contribution in [-0.4, -0.2) is 28.0 Å². The van der Waals surface area contributed by atoms with Crippen molar-refractivity contribution in [3.05, 3.63) is 13.7 Å². The molecule has 1 nitrogen and oxygen atoms in total. The van der Waals surface area contributed by atoms with Crippen LogP contribution >= 0.6 is 0 Å². The summed E-state index contributed by atoms with van der Waals surface area (Å²) < 4.78 is 3.25. The van der Waals surface area contributed by atoms with E-state index in [-0.39, 0.29) is 0 Å². The molecule has 0 aliphatic heterocycles. The molecule has 1 N–H and O–H groups in total. The first-order valence-electron chi connectivity index (χ1n) is 5.89. The van der Waals surface area contributed by atoms with Crippen molar-refractivity contribution in [1.29, 1.82) is 0 Å². The molecule has 0 aromatic carbocycles. The summed E-state index contributed by atoms with van der Waals surface area (Å²) >= 11 is 0.608. The SMILES string of the molecule is CCCCCCc1c(C)[se]c(C)[si]1CO. The first kappa shape index (κ1) is 13.4. The van der Waals surface area contributed by atoms with Crippen LogP contribution in [0.4, 0.5) is 0 Å². The van der Waals surface area contributed by atoms with Crippen LogP contribution in [0.2, 0.25) is 0 Å². The molecule has 0 saturated heterocycles. The van der Waals surface area contributed by atoms with Gasteiger partial charge in [-0.1, -0.05) is 0 Å². The van der Waals surface area contributed by atoms with Gasteiger partial charge in [0.15, 0.2) is 0 Å². The van der Waals surface area contributed by atoms with E-state index < -0.39 is 8.40 Å². The van der Waals surface area contributed by atoms with Gasteiger partial charge in [0.25, 0.3) is 0 Å². The molecule has 0 aliphatic carbocycles. The maximum atomic E-state index is 9.43. The minimum atomic E-state index is -0.624. The van der Waals surface area contributed by atoms with Crippen molar-refractivity contribution in [2.45, 2.75) is 59.1 Å². The number of aliphatic hydroxyl groups excluding tert-OH is 1. The van der Waals surface area contributed by atoms with Gasteiger partial charge in [0.1, 0.15) is 0 Å². The summed E-state index contributed by atoms with van der Waals surface area (Å²) in [5.74, 6) is 0. The van der Waals surface area contributed by atoms with Gasteiger partial charge in [-0.2, -0.15) is 0 Å². The van der Waals surface area contributed by atoms with Crippen LogP contribution in [-0.2, 0) is 12.7 Å². The van der Waals surface area contributed by atoms with Crippen LogP contribution in [0.25, 0.3) is 0 Å². The third kappa shape index (κ3) is 3.67. The van der Waals surface area contributed by atoms with Crippen molar-refractivity contribution in [3.63, 3.8) is 0 Å². The second-order valence-corrected chi connectivity index (χ2v) is 10.6. The molecule has 1 rings (SSSR count). The van der Waals surface area contributed by atoms with Crippen LogP contribution < -0.4 is 0 Å². The molecule has 0 radical (unpaired) electrons. The van der Waals surface area contributed by atoms with Gasteiger partial charge >= 0.3 is 101 Å². The van der Waals surface area contributed by atoms with Gasteiger partial charge in [-0.3, -0.25) is 0 Å². The number of hydrogen-bond acceptors (Lipinski definition) is 1. The molecule has 0 aliphatic rings. The van der Waals surface area contributed by atoms with Gasteiger partial charge in [-0.25, -0.2) is 0 Å². The number of aryl methyl sites for hydroxylation is 2. The second kappa shape index (κ2) is 6.80. The van der Waals surface area contributed by atoms with Gasteiger partial charge in [-0.05, 0) is 0 Å². The Bertz CT molecular complexity index is 307. The fourth-order valence-electron chi connectivity index (χ4n) is 2.04. The zero-order chi connectivity index (χ0) is 11.3. The molecule has 0 unspecified atom stereocenters. The zero-order valence-electron chi connectivity index (χ0n) is 10.1. The Labute approximate surface area is 101 Å².